The zero-order valence-electron chi connectivity index (χ0n) is 16.8. The smallest absolute Gasteiger partial charge is 0.394 e. The molecule has 158 valence electrons. The molecule has 1 fully saturated rings. The second-order valence-corrected chi connectivity index (χ2v) is 8.45. The number of amides is 1. The highest BCUT2D eigenvalue weighted by Crippen LogP contribution is 2.47. The number of rotatable bonds is 3. The lowest BCUT2D eigenvalue weighted by atomic mass is 9.72. The minimum atomic E-state index is -4.47. The van der Waals surface area contributed by atoms with Gasteiger partial charge in [0.2, 0.25) is 5.91 Å². The molecular formula is C21H26F3N3O2. The molecule has 0 saturated carbocycles. The molecule has 1 aliphatic heterocycles. The standard InChI is InChI=1S/C21H26F3N3O2/c1-11(10-28)25-20(29)13-7-16-14-5-4-6-17-19(14)15(8-18(16)26(3)9-13)12(2)27(17)21(22,23)24/h4-6,11,13,16,18,28H,7-10H2,1-3H3,(H,25,29). The Kier molecular flexibility index (Phi) is 4.90. The van der Waals surface area contributed by atoms with Gasteiger partial charge in [0.15, 0.2) is 0 Å². The Hall–Kier alpha value is -2.06. The zero-order chi connectivity index (χ0) is 21.1. The van der Waals surface area contributed by atoms with Crippen LogP contribution in [0.15, 0.2) is 18.2 Å². The minimum Gasteiger partial charge on any atom is -0.394 e. The topological polar surface area (TPSA) is 57.5 Å². The molecule has 5 nitrogen and oxygen atoms in total. The maximum absolute atomic E-state index is 13.7. The average Bonchev–Trinajstić information content (AvgIpc) is 2.95. The lowest BCUT2D eigenvalue weighted by molar-refractivity contribution is -0.201. The molecule has 4 atom stereocenters. The molecule has 0 radical (unpaired) electrons. The van der Waals surface area contributed by atoms with E-state index in [4.69, 9.17) is 0 Å². The molecule has 2 aliphatic rings. The first-order valence-corrected chi connectivity index (χ1v) is 9.95. The van der Waals surface area contributed by atoms with Crippen LogP contribution in [0.4, 0.5) is 13.2 Å². The normalized spacial score (nSPS) is 25.7. The first kappa shape index (κ1) is 20.2. The molecule has 4 unspecified atom stereocenters. The van der Waals surface area contributed by atoms with Gasteiger partial charge < -0.3 is 15.3 Å². The van der Waals surface area contributed by atoms with Crippen molar-refractivity contribution in [2.75, 3.05) is 20.2 Å². The fraction of sp³-hybridized carbons (Fsp3) is 0.571. The van der Waals surface area contributed by atoms with E-state index in [9.17, 15) is 23.1 Å². The number of nitrogens with one attached hydrogen (secondary N) is 1. The predicted octanol–water partition coefficient (Wildman–Crippen LogP) is 2.88. The van der Waals surface area contributed by atoms with Gasteiger partial charge in [0.25, 0.3) is 0 Å². The average molecular weight is 409 g/mol. The van der Waals surface area contributed by atoms with E-state index < -0.39 is 6.30 Å². The Morgan fingerprint density at radius 1 is 1.38 bits per heavy atom. The van der Waals surface area contributed by atoms with Gasteiger partial charge in [-0.15, -0.1) is 13.2 Å². The van der Waals surface area contributed by atoms with Crippen LogP contribution in [0.25, 0.3) is 10.9 Å². The number of alkyl halides is 3. The number of aliphatic hydroxyl groups excluding tert-OH is 1. The number of aromatic nitrogens is 1. The van der Waals surface area contributed by atoms with E-state index in [1.54, 1.807) is 19.9 Å². The predicted molar refractivity (Wildman–Crippen MR) is 104 cm³/mol. The maximum Gasteiger partial charge on any atom is 0.489 e. The molecule has 0 spiro atoms. The van der Waals surface area contributed by atoms with E-state index in [1.807, 2.05) is 13.1 Å². The third-order valence-electron chi connectivity index (χ3n) is 6.57. The molecule has 2 N–H and O–H groups in total. The van der Waals surface area contributed by atoms with Crippen LogP contribution in [0.1, 0.15) is 36.1 Å². The SMILES string of the molecule is Cc1c2c3c(cccc3n1C(F)(F)F)C1CC(C(=O)NC(C)CO)CN(C)C1C2. The third-order valence-corrected chi connectivity index (χ3v) is 6.57. The lowest BCUT2D eigenvalue weighted by Crippen LogP contribution is -2.52. The molecule has 1 aromatic carbocycles. The van der Waals surface area contributed by atoms with E-state index >= 15 is 0 Å². The molecule has 0 bridgehead atoms. The van der Waals surface area contributed by atoms with Crippen LogP contribution in [-0.4, -0.2) is 52.8 Å². The number of fused-ring (bicyclic) bond motifs is 2. The van der Waals surface area contributed by atoms with Gasteiger partial charge in [-0.25, -0.2) is 0 Å². The fourth-order valence-corrected chi connectivity index (χ4v) is 5.22. The van der Waals surface area contributed by atoms with Gasteiger partial charge in [0, 0.05) is 35.6 Å². The lowest BCUT2D eigenvalue weighted by Gasteiger charge is -2.45. The molecular weight excluding hydrogens is 383 g/mol. The van der Waals surface area contributed by atoms with Crippen molar-refractivity contribution in [2.24, 2.45) is 5.92 Å². The molecule has 2 heterocycles. The molecule has 1 aromatic heterocycles. The highest BCUT2D eigenvalue weighted by atomic mass is 19.4. The molecule has 4 rings (SSSR count). The van der Waals surface area contributed by atoms with Gasteiger partial charge in [0.05, 0.1) is 18.0 Å². The molecule has 1 aliphatic carbocycles. The Balaban J connectivity index is 1.76. The van der Waals surface area contributed by atoms with Crippen molar-refractivity contribution in [3.05, 3.63) is 35.0 Å². The van der Waals surface area contributed by atoms with E-state index in [2.05, 4.69) is 10.2 Å². The second-order valence-electron chi connectivity index (χ2n) is 8.45. The number of halogens is 3. The summed E-state index contributed by atoms with van der Waals surface area (Å²) in [4.78, 5) is 14.8. The van der Waals surface area contributed by atoms with Crippen LogP contribution < -0.4 is 5.32 Å². The van der Waals surface area contributed by atoms with Crippen LogP contribution in [-0.2, 0) is 17.5 Å². The Bertz CT molecular complexity index is 953. The number of aliphatic hydroxyl groups is 1. The largest absolute Gasteiger partial charge is 0.489 e. The van der Waals surface area contributed by atoms with Crippen LogP contribution in [0.3, 0.4) is 0 Å². The summed E-state index contributed by atoms with van der Waals surface area (Å²) in [5.74, 6) is -0.384. The summed E-state index contributed by atoms with van der Waals surface area (Å²) in [6.45, 7) is 3.70. The summed E-state index contributed by atoms with van der Waals surface area (Å²) in [7, 11) is 1.94. The third kappa shape index (κ3) is 3.22. The summed E-state index contributed by atoms with van der Waals surface area (Å²) in [6.07, 6.45) is -3.33. The number of nitrogens with zero attached hydrogens (tertiary/aromatic N) is 2. The number of likely N-dealkylation sites (tertiary alicyclic amines) is 1. The minimum absolute atomic E-state index is 0.00591. The number of carbonyl (C=O) groups excluding carboxylic acids is 1. The highest BCUT2D eigenvalue weighted by molar-refractivity contribution is 5.91. The summed E-state index contributed by atoms with van der Waals surface area (Å²) in [5.41, 5.74) is 2.12. The Morgan fingerprint density at radius 3 is 2.76 bits per heavy atom. The van der Waals surface area contributed by atoms with Crippen molar-refractivity contribution in [1.29, 1.82) is 0 Å². The van der Waals surface area contributed by atoms with Gasteiger partial charge in [0.1, 0.15) is 0 Å². The first-order valence-electron chi connectivity index (χ1n) is 9.95. The van der Waals surface area contributed by atoms with E-state index in [0.717, 1.165) is 11.1 Å². The van der Waals surface area contributed by atoms with Crippen LogP contribution in [0.2, 0.25) is 0 Å². The van der Waals surface area contributed by atoms with Crippen molar-refractivity contribution < 1.29 is 23.1 Å². The number of piperidine rings is 1. The van der Waals surface area contributed by atoms with E-state index in [0.29, 0.717) is 29.3 Å². The van der Waals surface area contributed by atoms with Crippen molar-refractivity contribution >= 4 is 16.8 Å². The van der Waals surface area contributed by atoms with Crippen LogP contribution in [0.5, 0.6) is 0 Å². The number of hydrogen-bond donors (Lipinski definition) is 2. The summed E-state index contributed by atoms with van der Waals surface area (Å²) in [6, 6.07) is 4.87. The molecule has 1 amide bonds. The Morgan fingerprint density at radius 2 is 2.10 bits per heavy atom. The summed E-state index contributed by atoms with van der Waals surface area (Å²) >= 11 is 0. The van der Waals surface area contributed by atoms with Crippen molar-refractivity contribution in [1.82, 2.24) is 14.8 Å². The molecule has 8 heteroatoms. The maximum atomic E-state index is 13.7. The Labute approximate surface area is 167 Å². The van der Waals surface area contributed by atoms with Crippen LogP contribution >= 0.6 is 0 Å². The molecule has 1 saturated heterocycles. The summed E-state index contributed by atoms with van der Waals surface area (Å²) < 4.78 is 41.7. The van der Waals surface area contributed by atoms with Crippen LogP contribution in [0, 0.1) is 12.8 Å². The number of carbonyl (C=O) groups is 1. The first-order chi connectivity index (χ1) is 13.6. The van der Waals surface area contributed by atoms with Crippen molar-refractivity contribution in [3.63, 3.8) is 0 Å². The van der Waals surface area contributed by atoms with Gasteiger partial charge in [-0.2, -0.15) is 0 Å². The fourth-order valence-electron chi connectivity index (χ4n) is 5.22. The van der Waals surface area contributed by atoms with Gasteiger partial charge in [-0.3, -0.25) is 9.36 Å². The van der Waals surface area contributed by atoms with Crippen molar-refractivity contribution in [3.8, 4) is 0 Å². The molecule has 29 heavy (non-hydrogen) atoms. The van der Waals surface area contributed by atoms with E-state index in [-0.39, 0.29) is 47.6 Å². The van der Waals surface area contributed by atoms with Gasteiger partial charge >= 0.3 is 6.30 Å². The monoisotopic (exact) mass is 409 g/mol. The number of likely N-dealkylation sites (N-methyl/N-ethyl adjacent to an activating group) is 1. The number of hydrogen-bond acceptors (Lipinski definition) is 3. The summed E-state index contributed by atoms with van der Waals surface area (Å²) in [5, 5.41) is 12.7. The van der Waals surface area contributed by atoms with E-state index in [1.165, 1.54) is 6.07 Å². The zero-order valence-corrected chi connectivity index (χ0v) is 16.8. The quantitative estimate of drug-likeness (QED) is 0.820. The van der Waals surface area contributed by atoms with Gasteiger partial charge in [-0.1, -0.05) is 12.1 Å². The van der Waals surface area contributed by atoms with Gasteiger partial charge in [-0.05, 0) is 50.9 Å². The van der Waals surface area contributed by atoms with Crippen molar-refractivity contribution in [2.45, 2.75) is 51.0 Å². The highest BCUT2D eigenvalue weighted by Gasteiger charge is 2.44. The molecule has 2 aromatic rings. The number of benzene rings is 1. The second kappa shape index (κ2) is 7.02.